The summed E-state index contributed by atoms with van der Waals surface area (Å²) in [7, 11) is 3.02. The van der Waals surface area contributed by atoms with Gasteiger partial charge in [-0.1, -0.05) is 6.58 Å². The van der Waals surface area contributed by atoms with Gasteiger partial charge in [-0.05, 0) is 54.7 Å². The van der Waals surface area contributed by atoms with E-state index in [0.717, 1.165) is 47.2 Å². The molecule has 0 unspecified atom stereocenters. The molecule has 0 saturated heterocycles. The smallest absolute Gasteiger partial charge is 0.418 e. The molecule has 0 spiro atoms. The third-order valence-corrected chi connectivity index (χ3v) is 5.43. The summed E-state index contributed by atoms with van der Waals surface area (Å²) in [5.74, 6) is 0.256. The largest absolute Gasteiger partial charge is 0.497 e. The molecule has 1 heterocycles. The van der Waals surface area contributed by atoms with Gasteiger partial charge >= 0.3 is 6.18 Å². The second-order valence-electron chi connectivity index (χ2n) is 7.28. The van der Waals surface area contributed by atoms with Crippen LogP contribution in [0.3, 0.4) is 0 Å². The van der Waals surface area contributed by atoms with Crippen molar-refractivity contribution in [1.29, 1.82) is 0 Å². The highest BCUT2D eigenvalue weighted by molar-refractivity contribution is 6.15. The Balaban J connectivity index is 1.92. The molecule has 2 aromatic carbocycles. The van der Waals surface area contributed by atoms with Crippen LogP contribution in [0.15, 0.2) is 64.9 Å². The second kappa shape index (κ2) is 7.76. The summed E-state index contributed by atoms with van der Waals surface area (Å²) >= 11 is 0. The molecule has 0 bridgehead atoms. The van der Waals surface area contributed by atoms with Crippen LogP contribution in [-0.2, 0) is 6.18 Å². The van der Waals surface area contributed by atoms with Crippen molar-refractivity contribution in [2.24, 2.45) is 5.10 Å². The molecule has 8 heteroatoms. The maximum absolute atomic E-state index is 14.0. The van der Waals surface area contributed by atoms with Crippen LogP contribution in [-0.4, -0.2) is 19.9 Å². The maximum atomic E-state index is 14.0. The van der Waals surface area contributed by atoms with Gasteiger partial charge in [0.15, 0.2) is 0 Å². The van der Waals surface area contributed by atoms with Gasteiger partial charge in [0, 0.05) is 17.7 Å². The number of nitrogens with zero attached hydrogens (tertiary/aromatic N) is 2. The summed E-state index contributed by atoms with van der Waals surface area (Å²) in [5, 5.41) is 5.62. The maximum Gasteiger partial charge on any atom is 0.418 e. The molecule has 162 valence electrons. The van der Waals surface area contributed by atoms with E-state index in [4.69, 9.17) is 9.47 Å². The topological polar surface area (TPSA) is 34.1 Å². The van der Waals surface area contributed by atoms with Crippen molar-refractivity contribution in [3.05, 3.63) is 76.8 Å². The van der Waals surface area contributed by atoms with Crippen LogP contribution in [0.5, 0.6) is 11.5 Å². The number of halogens is 4. The highest BCUT2D eigenvalue weighted by Crippen LogP contribution is 2.44. The van der Waals surface area contributed by atoms with E-state index < -0.39 is 23.2 Å². The van der Waals surface area contributed by atoms with Crippen molar-refractivity contribution in [2.45, 2.75) is 25.4 Å². The second-order valence-corrected chi connectivity index (χ2v) is 7.28. The molecule has 0 radical (unpaired) electrons. The number of benzene rings is 2. The number of methoxy groups -OCH3 is 2. The molecule has 0 N–H and O–H groups in total. The first-order valence-corrected chi connectivity index (χ1v) is 9.63. The molecule has 31 heavy (non-hydrogen) atoms. The average molecular weight is 432 g/mol. The van der Waals surface area contributed by atoms with Crippen molar-refractivity contribution < 1.29 is 27.0 Å². The van der Waals surface area contributed by atoms with Crippen LogP contribution >= 0.6 is 0 Å². The van der Waals surface area contributed by atoms with Crippen molar-refractivity contribution in [1.82, 2.24) is 0 Å². The van der Waals surface area contributed by atoms with Crippen molar-refractivity contribution in [3.63, 3.8) is 0 Å². The van der Waals surface area contributed by atoms with Crippen molar-refractivity contribution >= 4 is 11.4 Å². The summed E-state index contributed by atoms with van der Waals surface area (Å²) in [6, 6.07) is 7.53. The Morgan fingerprint density at radius 1 is 0.968 bits per heavy atom. The van der Waals surface area contributed by atoms with Gasteiger partial charge in [-0.2, -0.15) is 18.3 Å². The minimum atomic E-state index is -4.68. The molecule has 0 aromatic heterocycles. The van der Waals surface area contributed by atoms with Gasteiger partial charge in [0.1, 0.15) is 17.3 Å². The van der Waals surface area contributed by atoms with Crippen molar-refractivity contribution in [2.75, 3.05) is 19.2 Å². The van der Waals surface area contributed by atoms with Crippen LogP contribution in [0.25, 0.3) is 0 Å². The fraction of sp³-hybridized carbons (Fsp3) is 0.261. The van der Waals surface area contributed by atoms with Gasteiger partial charge < -0.3 is 9.47 Å². The number of rotatable bonds is 4. The molecular weight excluding hydrogens is 412 g/mol. The molecule has 0 atom stereocenters. The molecule has 2 aromatic rings. The van der Waals surface area contributed by atoms with Crippen LogP contribution in [0.2, 0.25) is 0 Å². The third kappa shape index (κ3) is 3.78. The molecule has 0 fully saturated rings. The van der Waals surface area contributed by atoms with Gasteiger partial charge in [-0.15, -0.1) is 0 Å². The zero-order valence-corrected chi connectivity index (χ0v) is 17.0. The number of allylic oxidation sites excluding steroid dienone is 2. The fourth-order valence-corrected chi connectivity index (χ4v) is 3.97. The molecule has 1 aliphatic carbocycles. The number of hydrogen-bond donors (Lipinski definition) is 0. The van der Waals surface area contributed by atoms with E-state index in [0.29, 0.717) is 34.9 Å². The van der Waals surface area contributed by atoms with E-state index in [2.05, 4.69) is 11.7 Å². The number of hydrazone groups is 1. The highest BCUT2D eigenvalue weighted by Gasteiger charge is 2.38. The zero-order valence-electron chi connectivity index (χ0n) is 17.0. The lowest BCUT2D eigenvalue weighted by molar-refractivity contribution is -0.137. The molecule has 0 saturated carbocycles. The molecule has 0 amide bonds. The number of ether oxygens (including phenoxy) is 2. The lowest BCUT2D eigenvalue weighted by Crippen LogP contribution is -2.27. The summed E-state index contributed by atoms with van der Waals surface area (Å²) in [6.45, 7) is 3.98. The first-order chi connectivity index (χ1) is 14.7. The SMILES string of the molecule is C=C1C2=C(CCC2)C(c2cc(OC)cc(OC)c2)=NN1c1cc(F)ccc1C(F)(F)F. The lowest BCUT2D eigenvalue weighted by atomic mass is 9.95. The third-order valence-electron chi connectivity index (χ3n) is 5.43. The first kappa shape index (κ1) is 21.0. The quantitative estimate of drug-likeness (QED) is 0.549. The van der Waals surface area contributed by atoms with E-state index in [1.165, 1.54) is 14.2 Å². The summed E-state index contributed by atoms with van der Waals surface area (Å²) in [5.41, 5.74) is 1.81. The Hall–Kier alpha value is -3.29. The van der Waals surface area contributed by atoms with Crippen molar-refractivity contribution in [3.8, 4) is 11.5 Å². The van der Waals surface area contributed by atoms with Gasteiger partial charge in [0.2, 0.25) is 0 Å². The van der Waals surface area contributed by atoms with E-state index in [9.17, 15) is 17.6 Å². The predicted octanol–water partition coefficient (Wildman–Crippen LogP) is 6.08. The Morgan fingerprint density at radius 3 is 2.23 bits per heavy atom. The van der Waals surface area contributed by atoms with Gasteiger partial charge in [0.05, 0.1) is 36.9 Å². The lowest BCUT2D eigenvalue weighted by Gasteiger charge is -2.31. The summed E-state index contributed by atoms with van der Waals surface area (Å²) < 4.78 is 65.7. The van der Waals surface area contributed by atoms with Crippen LogP contribution in [0.4, 0.5) is 23.2 Å². The number of hydrogen-bond acceptors (Lipinski definition) is 4. The monoisotopic (exact) mass is 432 g/mol. The Kier molecular flexibility index (Phi) is 5.24. The Bertz CT molecular complexity index is 1100. The molecule has 1 aliphatic heterocycles. The normalized spacial score (nSPS) is 16.4. The van der Waals surface area contributed by atoms with Gasteiger partial charge in [-0.3, -0.25) is 0 Å². The Morgan fingerprint density at radius 2 is 1.61 bits per heavy atom. The number of anilines is 1. The Labute approximate surface area is 177 Å². The van der Waals surface area contributed by atoms with E-state index in [1.54, 1.807) is 18.2 Å². The summed E-state index contributed by atoms with van der Waals surface area (Å²) in [6.07, 6.45) is -2.48. The van der Waals surface area contributed by atoms with E-state index >= 15 is 0 Å². The summed E-state index contributed by atoms with van der Waals surface area (Å²) in [4.78, 5) is 0. The van der Waals surface area contributed by atoms with Crippen LogP contribution in [0, 0.1) is 5.82 Å². The van der Waals surface area contributed by atoms with Gasteiger partial charge in [-0.25, -0.2) is 9.40 Å². The molecular formula is C23H20F4N2O2. The van der Waals surface area contributed by atoms with E-state index in [-0.39, 0.29) is 0 Å². The van der Waals surface area contributed by atoms with Crippen LogP contribution < -0.4 is 14.5 Å². The number of alkyl halides is 3. The highest BCUT2D eigenvalue weighted by atomic mass is 19.4. The standard InChI is InChI=1S/C23H20F4N2O2/c1-13-18-5-4-6-19(18)22(14-9-16(30-2)12-17(10-14)31-3)28-29(13)21-11-15(24)7-8-20(21)23(25,26)27/h7-12H,1,4-6H2,2-3H3. The van der Waals surface area contributed by atoms with Crippen LogP contribution in [0.1, 0.15) is 30.4 Å². The van der Waals surface area contributed by atoms with Gasteiger partial charge in [0.25, 0.3) is 0 Å². The first-order valence-electron chi connectivity index (χ1n) is 9.63. The minimum Gasteiger partial charge on any atom is -0.497 e. The molecule has 2 aliphatic rings. The zero-order chi connectivity index (χ0) is 22.3. The molecule has 4 nitrogen and oxygen atoms in total. The minimum absolute atomic E-state index is 0.321. The molecule has 4 rings (SSSR count). The average Bonchev–Trinajstić information content (AvgIpc) is 3.23. The predicted molar refractivity (Wildman–Crippen MR) is 110 cm³/mol. The van der Waals surface area contributed by atoms with E-state index in [1.807, 2.05) is 0 Å². The fourth-order valence-electron chi connectivity index (χ4n) is 3.97.